The molecule has 2 amide bonds. The highest BCUT2D eigenvalue weighted by Crippen LogP contribution is 2.23. The number of nitrogens with zero attached hydrogens (tertiary/aromatic N) is 5. The molecule has 0 atom stereocenters. The molecule has 1 fully saturated rings. The van der Waals surface area contributed by atoms with Crippen LogP contribution in [0.5, 0.6) is 0 Å². The van der Waals surface area contributed by atoms with Crippen molar-refractivity contribution in [1.82, 2.24) is 24.1 Å². The van der Waals surface area contributed by atoms with E-state index in [-0.39, 0.29) is 16.7 Å². The molecule has 0 radical (unpaired) electrons. The molecule has 1 N–H and O–H groups in total. The van der Waals surface area contributed by atoms with Crippen LogP contribution in [0, 0.1) is 0 Å². The fraction of sp³-hybridized carbons (Fsp3) is 0.214. The molecule has 0 aliphatic carbocycles. The second kappa shape index (κ2) is 11.3. The molecule has 12 heteroatoms. The number of aromatic nitrogens is 2. The van der Waals surface area contributed by atoms with Gasteiger partial charge in [0.2, 0.25) is 16.0 Å². The van der Waals surface area contributed by atoms with Crippen LogP contribution in [-0.4, -0.2) is 84.6 Å². The molecule has 0 unspecified atom stereocenters. The van der Waals surface area contributed by atoms with Crippen LogP contribution < -0.4 is 5.32 Å². The van der Waals surface area contributed by atoms with E-state index in [1.54, 1.807) is 82.7 Å². The van der Waals surface area contributed by atoms with Gasteiger partial charge < -0.3 is 19.5 Å². The lowest BCUT2D eigenvalue weighted by Gasteiger charge is -2.34. The second-order valence-electron chi connectivity index (χ2n) is 9.34. The van der Waals surface area contributed by atoms with Crippen molar-refractivity contribution in [2.75, 3.05) is 45.6 Å². The van der Waals surface area contributed by atoms with Crippen LogP contribution in [0.15, 0.2) is 88.5 Å². The molecule has 206 valence electrons. The molecule has 1 aliphatic rings. The van der Waals surface area contributed by atoms with Crippen LogP contribution >= 0.6 is 0 Å². The average molecular weight is 561 g/mol. The van der Waals surface area contributed by atoms with Gasteiger partial charge in [0.1, 0.15) is 0 Å². The number of anilines is 2. The first-order valence-electron chi connectivity index (χ1n) is 12.6. The number of sulfonamides is 1. The number of benzene rings is 2. The summed E-state index contributed by atoms with van der Waals surface area (Å²) in [7, 11) is -0.537. The molecule has 4 aromatic rings. The summed E-state index contributed by atoms with van der Waals surface area (Å²) in [6, 6.07) is 18.6. The Bertz CT molecular complexity index is 1600. The average Bonchev–Trinajstić information content (AvgIpc) is 3.52. The van der Waals surface area contributed by atoms with Crippen LogP contribution in [-0.2, 0) is 10.0 Å². The number of carbonyl (C=O) groups excluding carboxylic acids is 2. The molecule has 11 nitrogen and oxygen atoms in total. The summed E-state index contributed by atoms with van der Waals surface area (Å²) < 4.78 is 31.0. The summed E-state index contributed by atoms with van der Waals surface area (Å²) >= 11 is 0. The van der Waals surface area contributed by atoms with Crippen molar-refractivity contribution in [3.8, 4) is 11.3 Å². The maximum absolute atomic E-state index is 13.0. The van der Waals surface area contributed by atoms with Gasteiger partial charge in [-0.1, -0.05) is 12.1 Å². The highest BCUT2D eigenvalue weighted by molar-refractivity contribution is 7.89. The summed E-state index contributed by atoms with van der Waals surface area (Å²) in [5, 5.41) is 3.14. The lowest BCUT2D eigenvalue weighted by Crippen LogP contribution is -2.50. The Kier molecular flexibility index (Phi) is 7.63. The molecule has 1 aliphatic heterocycles. The van der Waals surface area contributed by atoms with Crippen LogP contribution in [0.2, 0.25) is 0 Å². The summed E-state index contributed by atoms with van der Waals surface area (Å²) in [6.45, 7) is 1.75. The summed E-state index contributed by atoms with van der Waals surface area (Å²) in [6.07, 6.45) is 3.08. The minimum absolute atomic E-state index is 0.102. The third-order valence-corrected chi connectivity index (χ3v) is 8.39. The van der Waals surface area contributed by atoms with E-state index in [0.717, 1.165) is 5.56 Å². The zero-order valence-electron chi connectivity index (χ0n) is 22.0. The van der Waals surface area contributed by atoms with Gasteiger partial charge in [0.05, 0.1) is 16.9 Å². The van der Waals surface area contributed by atoms with Crippen molar-refractivity contribution in [3.05, 3.63) is 90.5 Å². The summed E-state index contributed by atoms with van der Waals surface area (Å²) in [4.78, 5) is 37.9. The van der Waals surface area contributed by atoms with Crippen molar-refractivity contribution in [3.63, 3.8) is 0 Å². The Labute approximate surface area is 232 Å². The van der Waals surface area contributed by atoms with Gasteiger partial charge in [-0.25, -0.2) is 22.7 Å². The Morgan fingerprint density at radius 1 is 0.875 bits per heavy atom. The molecular formula is C28H28N6O5S. The molecule has 2 aromatic heterocycles. The first-order chi connectivity index (χ1) is 19.2. The fourth-order valence-electron chi connectivity index (χ4n) is 4.26. The second-order valence-corrected chi connectivity index (χ2v) is 11.5. The summed E-state index contributed by atoms with van der Waals surface area (Å²) in [5.41, 5.74) is 2.62. The first kappa shape index (κ1) is 27.0. The highest BCUT2D eigenvalue weighted by Gasteiger charge is 2.26. The van der Waals surface area contributed by atoms with E-state index >= 15 is 0 Å². The van der Waals surface area contributed by atoms with E-state index < -0.39 is 10.0 Å². The van der Waals surface area contributed by atoms with Gasteiger partial charge in [-0.2, -0.15) is 0 Å². The van der Waals surface area contributed by atoms with Crippen molar-refractivity contribution < 1.29 is 22.4 Å². The van der Waals surface area contributed by atoms with Gasteiger partial charge in [-0.3, -0.25) is 9.59 Å². The largest absolute Gasteiger partial charge is 0.459 e. The Hall–Kier alpha value is -4.55. The maximum atomic E-state index is 13.0. The first-order valence-corrected chi connectivity index (χ1v) is 14.0. The van der Waals surface area contributed by atoms with Crippen LogP contribution in [0.25, 0.3) is 11.3 Å². The molecule has 40 heavy (non-hydrogen) atoms. The number of rotatable bonds is 7. The minimum atomic E-state index is -3.51. The van der Waals surface area contributed by atoms with Gasteiger partial charge in [0.15, 0.2) is 5.76 Å². The van der Waals surface area contributed by atoms with Crippen LogP contribution in [0.4, 0.5) is 11.6 Å². The smallest absolute Gasteiger partial charge is 0.289 e. The normalized spacial score (nSPS) is 13.9. The van der Waals surface area contributed by atoms with E-state index in [1.165, 1.54) is 24.7 Å². The fourth-order valence-corrected chi connectivity index (χ4v) is 5.17. The molecule has 0 bridgehead atoms. The van der Waals surface area contributed by atoms with E-state index in [4.69, 9.17) is 4.42 Å². The van der Waals surface area contributed by atoms with E-state index in [9.17, 15) is 18.0 Å². The SMILES string of the molecule is CN(C)S(=O)(=O)c1ccc(-c2ccnc(Nc3ccc(C(=O)N4CCN(C(=O)c5ccco5)CC4)cc3)n2)cc1. The third kappa shape index (κ3) is 5.72. The van der Waals surface area contributed by atoms with E-state index in [1.807, 2.05) is 0 Å². The van der Waals surface area contributed by atoms with E-state index in [0.29, 0.717) is 54.8 Å². The van der Waals surface area contributed by atoms with Crippen molar-refractivity contribution in [1.29, 1.82) is 0 Å². The zero-order valence-corrected chi connectivity index (χ0v) is 22.8. The van der Waals surface area contributed by atoms with Gasteiger partial charge in [0.25, 0.3) is 11.8 Å². The number of hydrogen-bond acceptors (Lipinski definition) is 8. The number of hydrogen-bond donors (Lipinski definition) is 1. The summed E-state index contributed by atoms with van der Waals surface area (Å²) in [5.74, 6) is 0.382. The molecular weight excluding hydrogens is 532 g/mol. The molecule has 2 aromatic carbocycles. The molecule has 1 saturated heterocycles. The highest BCUT2D eigenvalue weighted by atomic mass is 32.2. The van der Waals surface area contributed by atoms with Crippen molar-refractivity contribution in [2.24, 2.45) is 0 Å². The number of furan rings is 1. The van der Waals surface area contributed by atoms with E-state index in [2.05, 4.69) is 15.3 Å². The predicted octanol–water partition coefficient (Wildman–Crippen LogP) is 3.33. The van der Waals surface area contributed by atoms with Gasteiger partial charge in [-0.05, 0) is 54.6 Å². The number of nitrogens with one attached hydrogen (secondary N) is 1. The quantitative estimate of drug-likeness (QED) is 0.365. The Balaban J connectivity index is 1.20. The number of carbonyl (C=O) groups is 2. The number of piperazine rings is 1. The topological polar surface area (TPSA) is 129 Å². The standard InChI is InChI=1S/C28H28N6O5S/c1-32(2)40(37,38)23-11-7-20(8-12-23)24-13-14-29-28(31-24)30-22-9-5-21(6-10-22)26(35)33-15-17-34(18-16-33)27(36)25-4-3-19-39-25/h3-14,19H,15-18H2,1-2H3,(H,29,30,31). The molecule has 0 spiro atoms. The molecule has 3 heterocycles. The molecule has 0 saturated carbocycles. The minimum Gasteiger partial charge on any atom is -0.459 e. The monoisotopic (exact) mass is 560 g/mol. The van der Waals surface area contributed by atoms with Gasteiger partial charge in [-0.15, -0.1) is 0 Å². The van der Waals surface area contributed by atoms with Crippen molar-refractivity contribution in [2.45, 2.75) is 4.90 Å². The predicted molar refractivity (Wildman–Crippen MR) is 149 cm³/mol. The third-order valence-electron chi connectivity index (χ3n) is 6.56. The Morgan fingerprint density at radius 2 is 1.52 bits per heavy atom. The van der Waals surface area contributed by atoms with Crippen LogP contribution in [0.1, 0.15) is 20.9 Å². The van der Waals surface area contributed by atoms with Gasteiger partial charge >= 0.3 is 0 Å². The van der Waals surface area contributed by atoms with Gasteiger partial charge in [0, 0.05) is 63.3 Å². The van der Waals surface area contributed by atoms with Crippen molar-refractivity contribution >= 4 is 33.5 Å². The lowest BCUT2D eigenvalue weighted by atomic mass is 10.1. The molecule has 5 rings (SSSR count). The zero-order chi connectivity index (χ0) is 28.3. The van der Waals surface area contributed by atoms with Crippen LogP contribution in [0.3, 0.4) is 0 Å². The lowest BCUT2D eigenvalue weighted by molar-refractivity contribution is 0.0518. The maximum Gasteiger partial charge on any atom is 0.289 e. The number of amides is 2. The Morgan fingerprint density at radius 3 is 2.12 bits per heavy atom.